The molecule has 312 valence electrons. The summed E-state index contributed by atoms with van der Waals surface area (Å²) in [5, 5.41) is 9.52. The maximum absolute atomic E-state index is 5.95. The van der Waals surface area contributed by atoms with Crippen LogP contribution in [0.2, 0.25) is 13.1 Å². The molecule has 10 rings (SSSR count). The molecule has 0 bridgehead atoms. The van der Waals surface area contributed by atoms with Crippen molar-refractivity contribution in [2.75, 3.05) is 14.2 Å². The summed E-state index contributed by atoms with van der Waals surface area (Å²) in [6, 6.07) is 51.1. The average molecular weight is 951 g/mol. The standard InChI is InChI=1S/2C26H21O2.C2H6Si.2ClH.Zr/c2*1-3-17-11-12-18-13-21(26-23-10-5-4-7-20(23)16-28-26)15-24(18)25(17)19-8-6-9-22(14-19)27-2;1-3-2;;;/h2*4-16H,3H2,1-2H3;1-2H3;2*1H;/q2*-1;;;;+2/p-2. The van der Waals surface area contributed by atoms with E-state index in [9.17, 15) is 0 Å². The fourth-order valence-electron chi connectivity index (χ4n) is 8.18. The number of aryl methyl sites for hydroxylation is 2. The Bertz CT molecular complexity index is 2980. The predicted molar refractivity (Wildman–Crippen MR) is 261 cm³/mol. The summed E-state index contributed by atoms with van der Waals surface area (Å²) in [5.74, 6) is 3.61. The number of furan rings is 2. The van der Waals surface area contributed by atoms with Crippen molar-refractivity contribution in [3.63, 3.8) is 0 Å². The van der Waals surface area contributed by atoms with E-state index in [1.807, 2.05) is 36.8 Å². The van der Waals surface area contributed by atoms with Gasteiger partial charge in [0.15, 0.2) is 0 Å². The number of halogens is 2. The zero-order chi connectivity index (χ0) is 43.3. The van der Waals surface area contributed by atoms with E-state index in [0.717, 1.165) is 68.5 Å². The minimum atomic E-state index is -1.65. The molecule has 0 aliphatic rings. The van der Waals surface area contributed by atoms with Crippen LogP contribution in [0.1, 0.15) is 25.0 Å². The molecule has 4 nitrogen and oxygen atoms in total. The molecule has 0 spiro atoms. The van der Waals surface area contributed by atoms with Gasteiger partial charge in [0.05, 0.1) is 38.3 Å². The van der Waals surface area contributed by atoms with Crippen molar-refractivity contribution in [3.05, 3.63) is 169 Å². The van der Waals surface area contributed by atoms with Gasteiger partial charge in [0.25, 0.3) is 0 Å². The van der Waals surface area contributed by atoms with Crippen molar-refractivity contribution < 1.29 is 36.3 Å². The van der Waals surface area contributed by atoms with Crippen molar-refractivity contribution in [1.29, 1.82) is 0 Å². The first kappa shape index (κ1) is 43.5. The second kappa shape index (κ2) is 19.5. The van der Waals surface area contributed by atoms with Crippen LogP contribution in [0.15, 0.2) is 167 Å². The van der Waals surface area contributed by atoms with Gasteiger partial charge in [-0.05, 0) is 70.1 Å². The molecule has 0 amide bonds. The van der Waals surface area contributed by atoms with E-state index in [1.165, 1.54) is 54.9 Å². The van der Waals surface area contributed by atoms with Gasteiger partial charge < -0.3 is 18.3 Å². The molecule has 10 aromatic rings. The van der Waals surface area contributed by atoms with E-state index in [0.29, 0.717) is 0 Å². The number of hydrogen-bond acceptors (Lipinski definition) is 4. The second-order valence-corrected chi connectivity index (χ2v) is 38.4. The van der Waals surface area contributed by atoms with Crippen molar-refractivity contribution >= 4 is 65.5 Å². The van der Waals surface area contributed by atoms with Gasteiger partial charge in [0.2, 0.25) is 0 Å². The summed E-state index contributed by atoms with van der Waals surface area (Å²) in [4.78, 5) is 0. The Hall–Kier alpha value is -5.10. The number of hydrogen-bond donors (Lipinski definition) is 0. The van der Waals surface area contributed by atoms with Gasteiger partial charge in [-0.1, -0.05) is 121 Å². The van der Waals surface area contributed by atoms with E-state index >= 15 is 0 Å². The Balaban J connectivity index is 0.000000151. The molecule has 0 unspecified atom stereocenters. The fourth-order valence-corrected chi connectivity index (χ4v) is 8.18. The van der Waals surface area contributed by atoms with Crippen molar-refractivity contribution in [1.82, 2.24) is 0 Å². The Kier molecular flexibility index (Phi) is 13.7. The second-order valence-electron chi connectivity index (χ2n) is 15.4. The van der Waals surface area contributed by atoms with Crippen LogP contribution in [-0.4, -0.2) is 19.7 Å². The Morgan fingerprint density at radius 2 is 0.952 bits per heavy atom. The topological polar surface area (TPSA) is 44.7 Å². The van der Waals surface area contributed by atoms with Crippen molar-refractivity contribution in [2.24, 2.45) is 0 Å². The van der Waals surface area contributed by atoms with E-state index in [4.69, 9.17) is 35.3 Å². The van der Waals surface area contributed by atoms with Gasteiger partial charge in [-0.25, -0.2) is 0 Å². The predicted octanol–water partition coefficient (Wildman–Crippen LogP) is 16.6. The van der Waals surface area contributed by atoms with Crippen LogP contribution in [0.5, 0.6) is 11.5 Å². The molecule has 0 fully saturated rings. The number of benzene rings is 6. The van der Waals surface area contributed by atoms with Crippen LogP contribution in [0, 0.1) is 0 Å². The third-order valence-corrected chi connectivity index (χ3v) is 31.1. The first-order valence-corrected chi connectivity index (χ1v) is 33.4. The number of methoxy groups -OCH3 is 2. The molecule has 0 radical (unpaired) electrons. The molecule has 0 saturated heterocycles. The third kappa shape index (κ3) is 9.03. The molecule has 2 heterocycles. The molecule has 62 heavy (non-hydrogen) atoms. The van der Waals surface area contributed by atoms with E-state index in [2.05, 4.69) is 148 Å². The molecule has 0 aliphatic heterocycles. The summed E-state index contributed by atoms with van der Waals surface area (Å²) < 4.78 is 22.8. The first-order chi connectivity index (χ1) is 30.2. The van der Waals surface area contributed by atoms with Crippen LogP contribution in [0.4, 0.5) is 0 Å². The Morgan fingerprint density at radius 1 is 0.532 bits per heavy atom. The van der Waals surface area contributed by atoms with E-state index < -0.39 is 18.0 Å². The first-order valence-electron chi connectivity index (χ1n) is 20.9. The van der Waals surface area contributed by atoms with Gasteiger partial charge in [0.1, 0.15) is 11.5 Å². The SMILES string of the molecule is CCc1ccc2[cH-]c(-c3occ4ccccc34)cc2c1-c1cccc(OC)c1.CCc1ccc2[cH-]c(-c3occ4ccccc34)cc2c1-c1cccc(OC)c1.C[Si](C)=[Zr]([Cl])[Cl]. The van der Waals surface area contributed by atoms with Crippen molar-refractivity contribution in [2.45, 2.75) is 39.8 Å². The van der Waals surface area contributed by atoms with E-state index in [-0.39, 0.29) is 5.43 Å². The molecular formula is C54H48Cl2O4SiZr-2. The quantitative estimate of drug-likeness (QED) is 0.112. The molecule has 2 aromatic heterocycles. The molecular weight excluding hydrogens is 903 g/mol. The number of ether oxygens (including phenoxy) is 2. The third-order valence-electron chi connectivity index (χ3n) is 11.4. The van der Waals surface area contributed by atoms with Crippen LogP contribution in [0.25, 0.3) is 88.0 Å². The summed E-state index contributed by atoms with van der Waals surface area (Å²) >= 11 is -1.65. The van der Waals surface area contributed by atoms with Crippen LogP contribution in [0.3, 0.4) is 0 Å². The zero-order valence-corrected chi connectivity index (χ0v) is 40.8. The van der Waals surface area contributed by atoms with Crippen LogP contribution < -0.4 is 9.47 Å². The summed E-state index contributed by atoms with van der Waals surface area (Å²) in [6.07, 6.45) is 5.63. The number of fused-ring (bicyclic) bond motifs is 4. The average Bonchev–Trinajstić information content (AvgIpc) is 4.13. The molecule has 0 saturated carbocycles. The molecule has 0 aliphatic carbocycles. The maximum atomic E-state index is 5.95. The Morgan fingerprint density at radius 3 is 1.34 bits per heavy atom. The zero-order valence-electron chi connectivity index (χ0n) is 35.8. The minimum absolute atomic E-state index is 0.224. The van der Waals surface area contributed by atoms with Gasteiger partial charge in [-0.3, -0.25) is 0 Å². The molecule has 8 aromatic carbocycles. The van der Waals surface area contributed by atoms with Gasteiger partial charge in [-0.15, -0.1) is 57.9 Å². The molecule has 8 heteroatoms. The molecule has 0 N–H and O–H groups in total. The van der Waals surface area contributed by atoms with Crippen LogP contribution >= 0.6 is 17.0 Å². The summed E-state index contributed by atoms with van der Waals surface area (Å²) in [6.45, 7) is 8.74. The Labute approximate surface area is 378 Å². The summed E-state index contributed by atoms with van der Waals surface area (Å²) in [7, 11) is 14.7. The van der Waals surface area contributed by atoms with E-state index in [1.54, 1.807) is 14.2 Å². The van der Waals surface area contributed by atoms with Gasteiger partial charge >= 0.3 is 53.5 Å². The van der Waals surface area contributed by atoms with Crippen LogP contribution in [-0.2, 0) is 30.8 Å². The normalized spacial score (nSPS) is 11.0. The molecule has 0 atom stereocenters. The van der Waals surface area contributed by atoms with Gasteiger partial charge in [-0.2, -0.15) is 0 Å². The monoisotopic (exact) mass is 948 g/mol. The van der Waals surface area contributed by atoms with Crippen molar-refractivity contribution in [3.8, 4) is 56.4 Å². The van der Waals surface area contributed by atoms with Gasteiger partial charge in [0, 0.05) is 10.8 Å². The fraction of sp³-hybridized carbons (Fsp3) is 0.148. The number of rotatable bonds is 8. The summed E-state index contributed by atoms with van der Waals surface area (Å²) in [5.41, 5.74) is 9.61.